The molecule has 1 aliphatic heterocycles. The van der Waals surface area contributed by atoms with Gasteiger partial charge in [-0.15, -0.1) is 0 Å². The van der Waals surface area contributed by atoms with Gasteiger partial charge >= 0.3 is 0 Å². The Morgan fingerprint density at radius 3 is 2.95 bits per heavy atom. The van der Waals surface area contributed by atoms with E-state index < -0.39 is 0 Å². The maximum absolute atomic E-state index is 12.0. The molecule has 1 atom stereocenters. The van der Waals surface area contributed by atoms with Crippen LogP contribution in [0.25, 0.3) is 0 Å². The van der Waals surface area contributed by atoms with Crippen molar-refractivity contribution in [2.75, 3.05) is 20.7 Å². The Labute approximate surface area is 128 Å². The van der Waals surface area contributed by atoms with E-state index in [1.807, 2.05) is 6.07 Å². The summed E-state index contributed by atoms with van der Waals surface area (Å²) in [5.41, 5.74) is 1.19. The number of likely N-dealkylation sites (tertiary alicyclic amines) is 1. The monoisotopic (exact) mass is 340 g/mol. The normalized spacial score (nSPS) is 19.6. The standard InChI is InChI=1S/C15H21BrN2O2/c1-17-15(19)13-5-3-4-8-18(13)10-11-6-7-14(20-2)12(16)9-11/h6-7,9,13H,3-5,8,10H2,1-2H3,(H,17,19). The molecule has 1 saturated heterocycles. The number of methoxy groups -OCH3 is 1. The summed E-state index contributed by atoms with van der Waals surface area (Å²) in [6.45, 7) is 1.77. The molecular weight excluding hydrogens is 320 g/mol. The van der Waals surface area contributed by atoms with Crippen LogP contribution >= 0.6 is 15.9 Å². The Morgan fingerprint density at radius 2 is 2.30 bits per heavy atom. The highest BCUT2D eigenvalue weighted by atomic mass is 79.9. The molecule has 1 fully saturated rings. The zero-order valence-corrected chi connectivity index (χ0v) is 13.6. The van der Waals surface area contributed by atoms with Crippen molar-refractivity contribution in [3.63, 3.8) is 0 Å². The maximum Gasteiger partial charge on any atom is 0.237 e. The molecule has 1 heterocycles. The van der Waals surface area contributed by atoms with Gasteiger partial charge in [0.05, 0.1) is 17.6 Å². The van der Waals surface area contributed by atoms with E-state index in [2.05, 4.69) is 38.3 Å². The molecule has 1 aromatic carbocycles. The number of piperidine rings is 1. The van der Waals surface area contributed by atoms with E-state index in [1.54, 1.807) is 14.2 Å². The third-order valence-electron chi connectivity index (χ3n) is 3.76. The lowest BCUT2D eigenvalue weighted by Gasteiger charge is -2.34. The number of hydrogen-bond donors (Lipinski definition) is 1. The molecule has 5 heteroatoms. The van der Waals surface area contributed by atoms with Gasteiger partial charge in [0.1, 0.15) is 5.75 Å². The molecule has 1 aliphatic rings. The number of likely N-dealkylation sites (N-methyl/N-ethyl adjacent to an activating group) is 1. The summed E-state index contributed by atoms with van der Waals surface area (Å²) in [6, 6.07) is 6.07. The number of carbonyl (C=O) groups excluding carboxylic acids is 1. The molecule has 1 unspecified atom stereocenters. The Balaban J connectivity index is 2.10. The molecule has 2 rings (SSSR count). The van der Waals surface area contributed by atoms with Crippen LogP contribution in [0.4, 0.5) is 0 Å². The second-order valence-electron chi connectivity index (χ2n) is 5.07. The molecule has 0 saturated carbocycles. The first kappa shape index (κ1) is 15.3. The quantitative estimate of drug-likeness (QED) is 0.915. The molecule has 110 valence electrons. The van der Waals surface area contributed by atoms with E-state index in [0.29, 0.717) is 0 Å². The summed E-state index contributed by atoms with van der Waals surface area (Å²) in [7, 11) is 3.37. The van der Waals surface area contributed by atoms with Crippen LogP contribution < -0.4 is 10.1 Å². The number of benzene rings is 1. The smallest absolute Gasteiger partial charge is 0.237 e. The van der Waals surface area contributed by atoms with Crippen LogP contribution in [0.3, 0.4) is 0 Å². The van der Waals surface area contributed by atoms with Gasteiger partial charge in [-0.3, -0.25) is 9.69 Å². The van der Waals surface area contributed by atoms with Gasteiger partial charge in [-0.2, -0.15) is 0 Å². The van der Waals surface area contributed by atoms with Gasteiger partial charge in [0, 0.05) is 13.6 Å². The van der Waals surface area contributed by atoms with E-state index in [-0.39, 0.29) is 11.9 Å². The lowest BCUT2D eigenvalue weighted by atomic mass is 10.0. The zero-order chi connectivity index (χ0) is 14.5. The Kier molecular flexibility index (Phi) is 5.43. The van der Waals surface area contributed by atoms with Crippen LogP contribution in [0, 0.1) is 0 Å². The van der Waals surface area contributed by atoms with Crippen molar-refractivity contribution in [1.82, 2.24) is 10.2 Å². The van der Waals surface area contributed by atoms with E-state index in [1.165, 1.54) is 5.56 Å². The van der Waals surface area contributed by atoms with Crippen molar-refractivity contribution in [2.24, 2.45) is 0 Å². The molecule has 1 amide bonds. The number of nitrogens with one attached hydrogen (secondary N) is 1. The minimum Gasteiger partial charge on any atom is -0.496 e. The fourth-order valence-electron chi connectivity index (χ4n) is 2.69. The fraction of sp³-hybridized carbons (Fsp3) is 0.533. The molecule has 0 aromatic heterocycles. The highest BCUT2D eigenvalue weighted by Crippen LogP contribution is 2.27. The first-order valence-corrected chi connectivity index (χ1v) is 7.73. The third-order valence-corrected chi connectivity index (χ3v) is 4.38. The molecule has 4 nitrogen and oxygen atoms in total. The highest BCUT2D eigenvalue weighted by molar-refractivity contribution is 9.10. The molecular formula is C15H21BrN2O2. The van der Waals surface area contributed by atoms with E-state index in [0.717, 1.165) is 42.6 Å². The molecule has 0 spiro atoms. The van der Waals surface area contributed by atoms with Crippen molar-refractivity contribution < 1.29 is 9.53 Å². The van der Waals surface area contributed by atoms with Crippen molar-refractivity contribution in [3.05, 3.63) is 28.2 Å². The number of ether oxygens (including phenoxy) is 1. The number of hydrogen-bond acceptors (Lipinski definition) is 3. The fourth-order valence-corrected chi connectivity index (χ4v) is 3.27. The van der Waals surface area contributed by atoms with Crippen molar-refractivity contribution >= 4 is 21.8 Å². The SMILES string of the molecule is CNC(=O)C1CCCCN1Cc1ccc(OC)c(Br)c1. The minimum absolute atomic E-state index is 0.00497. The number of carbonyl (C=O) groups is 1. The largest absolute Gasteiger partial charge is 0.496 e. The van der Waals surface area contributed by atoms with Crippen LogP contribution in [0.15, 0.2) is 22.7 Å². The summed E-state index contributed by atoms with van der Waals surface area (Å²) in [5, 5.41) is 2.77. The number of nitrogens with zero attached hydrogens (tertiary/aromatic N) is 1. The van der Waals surface area contributed by atoms with Gasteiger partial charge in [-0.05, 0) is 53.0 Å². The van der Waals surface area contributed by atoms with Crippen LogP contribution in [-0.2, 0) is 11.3 Å². The van der Waals surface area contributed by atoms with Gasteiger partial charge in [-0.25, -0.2) is 0 Å². The molecule has 0 radical (unpaired) electrons. The van der Waals surface area contributed by atoms with Crippen molar-refractivity contribution in [2.45, 2.75) is 31.8 Å². The second-order valence-corrected chi connectivity index (χ2v) is 5.92. The zero-order valence-electron chi connectivity index (χ0n) is 12.0. The predicted molar refractivity (Wildman–Crippen MR) is 82.8 cm³/mol. The Hall–Kier alpha value is -1.07. The van der Waals surface area contributed by atoms with Crippen LogP contribution in [0.2, 0.25) is 0 Å². The van der Waals surface area contributed by atoms with Gasteiger partial charge in [-0.1, -0.05) is 12.5 Å². The number of amides is 1. The topological polar surface area (TPSA) is 41.6 Å². The van der Waals surface area contributed by atoms with Gasteiger partial charge < -0.3 is 10.1 Å². The van der Waals surface area contributed by atoms with Crippen LogP contribution in [0.5, 0.6) is 5.75 Å². The summed E-state index contributed by atoms with van der Waals surface area (Å²) < 4.78 is 6.19. The first-order chi connectivity index (χ1) is 9.65. The van der Waals surface area contributed by atoms with E-state index in [4.69, 9.17) is 4.74 Å². The summed E-state index contributed by atoms with van der Waals surface area (Å²) >= 11 is 3.51. The van der Waals surface area contributed by atoms with Gasteiger partial charge in [0.2, 0.25) is 5.91 Å². The predicted octanol–water partition coefficient (Wildman–Crippen LogP) is 2.56. The number of rotatable bonds is 4. The lowest BCUT2D eigenvalue weighted by Crippen LogP contribution is -2.48. The number of halogens is 1. The van der Waals surface area contributed by atoms with Crippen LogP contribution in [-0.4, -0.2) is 37.6 Å². The van der Waals surface area contributed by atoms with Crippen molar-refractivity contribution in [1.29, 1.82) is 0 Å². The van der Waals surface area contributed by atoms with E-state index >= 15 is 0 Å². The molecule has 1 N–H and O–H groups in total. The molecule has 20 heavy (non-hydrogen) atoms. The minimum atomic E-state index is -0.00497. The average molecular weight is 341 g/mol. The second kappa shape index (κ2) is 7.09. The first-order valence-electron chi connectivity index (χ1n) is 6.93. The maximum atomic E-state index is 12.0. The van der Waals surface area contributed by atoms with Crippen LogP contribution in [0.1, 0.15) is 24.8 Å². The lowest BCUT2D eigenvalue weighted by molar-refractivity contribution is -0.127. The summed E-state index contributed by atoms with van der Waals surface area (Å²) in [4.78, 5) is 14.2. The van der Waals surface area contributed by atoms with E-state index in [9.17, 15) is 4.79 Å². The Bertz CT molecular complexity index is 479. The molecule has 0 bridgehead atoms. The Morgan fingerprint density at radius 1 is 1.50 bits per heavy atom. The summed E-state index contributed by atoms with van der Waals surface area (Å²) in [6.07, 6.45) is 3.22. The third kappa shape index (κ3) is 3.52. The highest BCUT2D eigenvalue weighted by Gasteiger charge is 2.27. The van der Waals surface area contributed by atoms with Gasteiger partial charge in [0.25, 0.3) is 0 Å². The summed E-state index contributed by atoms with van der Waals surface area (Å²) in [5.74, 6) is 0.951. The van der Waals surface area contributed by atoms with Crippen molar-refractivity contribution in [3.8, 4) is 5.75 Å². The van der Waals surface area contributed by atoms with Gasteiger partial charge in [0.15, 0.2) is 0 Å². The molecule has 1 aromatic rings. The average Bonchev–Trinajstić information content (AvgIpc) is 2.47. The molecule has 0 aliphatic carbocycles.